The van der Waals surface area contributed by atoms with Crippen molar-refractivity contribution in [3.8, 4) is 5.75 Å². The van der Waals surface area contributed by atoms with Gasteiger partial charge in [0.25, 0.3) is 0 Å². The molecule has 1 N–H and O–H groups in total. The van der Waals surface area contributed by atoms with Gasteiger partial charge in [0.2, 0.25) is 0 Å². The minimum Gasteiger partial charge on any atom is -0.405 e. The van der Waals surface area contributed by atoms with Crippen LogP contribution in [-0.2, 0) is 0 Å². The molecule has 1 atom stereocenters. The maximum atomic E-state index is 12.1. The van der Waals surface area contributed by atoms with Crippen LogP contribution in [-0.4, -0.2) is 16.3 Å². The number of aliphatic hydroxyl groups is 1. The lowest BCUT2D eigenvalue weighted by Crippen LogP contribution is -2.19. The molecule has 0 radical (unpaired) electrons. The molecule has 0 bridgehead atoms. The third-order valence-corrected chi connectivity index (χ3v) is 2.73. The lowest BCUT2D eigenvalue weighted by atomic mass is 10.1. The third kappa shape index (κ3) is 4.54. The van der Waals surface area contributed by atoms with Gasteiger partial charge in [-0.15, -0.1) is 36.4 Å². The second kappa shape index (κ2) is 5.65. The Morgan fingerprint density at radius 1 is 1.29 bits per heavy atom. The largest absolute Gasteiger partial charge is 0.573 e. The van der Waals surface area contributed by atoms with Crippen LogP contribution >= 0.6 is 39.1 Å². The van der Waals surface area contributed by atoms with Crippen LogP contribution in [0.3, 0.4) is 0 Å². The molecule has 8 heteroatoms. The Labute approximate surface area is 113 Å². The molecule has 0 aromatic heterocycles. The number of hydrogen-bond donors (Lipinski definition) is 1. The van der Waals surface area contributed by atoms with Crippen molar-refractivity contribution >= 4 is 39.1 Å². The number of benzene rings is 1. The summed E-state index contributed by atoms with van der Waals surface area (Å²) in [6.07, 6.45) is -6.33. The lowest BCUT2D eigenvalue weighted by molar-refractivity contribution is -0.275. The van der Waals surface area contributed by atoms with Gasteiger partial charge < -0.3 is 9.84 Å². The molecule has 0 amide bonds. The van der Waals surface area contributed by atoms with E-state index in [1.807, 2.05) is 0 Å². The van der Waals surface area contributed by atoms with E-state index in [1.54, 1.807) is 0 Å². The molecule has 0 fully saturated rings. The molecule has 96 valence electrons. The summed E-state index contributed by atoms with van der Waals surface area (Å²) in [6.45, 7) is 0. The zero-order valence-electron chi connectivity index (χ0n) is 8.01. The predicted molar refractivity (Wildman–Crippen MR) is 61.3 cm³/mol. The Morgan fingerprint density at radius 3 is 2.35 bits per heavy atom. The molecule has 0 aliphatic rings. The maximum Gasteiger partial charge on any atom is 0.573 e. The van der Waals surface area contributed by atoms with Gasteiger partial charge in [-0.2, -0.15) is 0 Å². The van der Waals surface area contributed by atoms with Gasteiger partial charge in [0, 0.05) is 10.0 Å². The van der Waals surface area contributed by atoms with Gasteiger partial charge in [-0.1, -0.05) is 15.9 Å². The molecule has 0 saturated heterocycles. The highest BCUT2D eigenvalue weighted by Crippen LogP contribution is 2.35. The third-order valence-electron chi connectivity index (χ3n) is 1.75. The van der Waals surface area contributed by atoms with Gasteiger partial charge in [0.1, 0.15) is 16.7 Å². The number of hydrogen-bond acceptors (Lipinski definition) is 2. The summed E-state index contributed by atoms with van der Waals surface area (Å²) < 4.78 is 40.5. The van der Waals surface area contributed by atoms with Crippen molar-refractivity contribution in [1.82, 2.24) is 0 Å². The molecule has 0 saturated carbocycles. The summed E-state index contributed by atoms with van der Waals surface area (Å²) in [5.74, 6) is -0.542. The first-order valence-electron chi connectivity index (χ1n) is 4.22. The fourth-order valence-corrected chi connectivity index (χ4v) is 1.75. The minimum absolute atomic E-state index is 0.147. The summed E-state index contributed by atoms with van der Waals surface area (Å²) in [5.41, 5.74) is -0.147. The monoisotopic (exact) mass is 352 g/mol. The zero-order valence-corrected chi connectivity index (χ0v) is 11.1. The summed E-state index contributed by atoms with van der Waals surface area (Å²) in [5, 5.41) is 9.57. The standard InChI is InChI=1S/C9H6BrCl2F3O2/c10-4-1-2-6(17-9(13,14)15)5(3-4)7(16)8(11)12/h1-3,7-8,16H. The zero-order chi connectivity index (χ0) is 13.2. The van der Waals surface area contributed by atoms with E-state index in [4.69, 9.17) is 23.2 Å². The Bertz CT molecular complexity index is 398. The smallest absolute Gasteiger partial charge is 0.405 e. The van der Waals surface area contributed by atoms with Crippen LogP contribution in [0.4, 0.5) is 13.2 Å². The summed E-state index contributed by atoms with van der Waals surface area (Å²) in [4.78, 5) is -1.26. The number of alkyl halides is 5. The van der Waals surface area contributed by atoms with Crippen molar-refractivity contribution in [2.24, 2.45) is 0 Å². The average molecular weight is 354 g/mol. The van der Waals surface area contributed by atoms with Crippen LogP contribution in [0.1, 0.15) is 11.7 Å². The molecule has 0 aliphatic heterocycles. The Morgan fingerprint density at radius 2 is 1.88 bits per heavy atom. The first-order valence-corrected chi connectivity index (χ1v) is 5.88. The van der Waals surface area contributed by atoms with Crippen LogP contribution in [0.15, 0.2) is 22.7 Å². The molecule has 1 aromatic rings. The fraction of sp³-hybridized carbons (Fsp3) is 0.333. The normalized spacial score (nSPS) is 13.9. The van der Waals surface area contributed by atoms with E-state index in [-0.39, 0.29) is 5.56 Å². The fourth-order valence-electron chi connectivity index (χ4n) is 1.10. The predicted octanol–water partition coefficient (Wildman–Crippen LogP) is 4.18. The van der Waals surface area contributed by atoms with Crippen molar-refractivity contribution < 1.29 is 23.0 Å². The van der Waals surface area contributed by atoms with Gasteiger partial charge in [0.05, 0.1) is 0 Å². The number of ether oxygens (including phenoxy) is 1. The Hall–Kier alpha value is -0.170. The molecule has 0 spiro atoms. The summed E-state index contributed by atoms with van der Waals surface area (Å²) in [7, 11) is 0. The van der Waals surface area contributed by atoms with E-state index < -0.39 is 23.1 Å². The minimum atomic E-state index is -4.85. The second-order valence-corrected chi connectivity index (χ2v) is 5.09. The lowest BCUT2D eigenvalue weighted by Gasteiger charge is -2.18. The van der Waals surface area contributed by atoms with Crippen LogP contribution < -0.4 is 4.74 Å². The van der Waals surface area contributed by atoms with E-state index >= 15 is 0 Å². The van der Waals surface area contributed by atoms with Gasteiger partial charge in [-0.05, 0) is 18.2 Å². The highest BCUT2D eigenvalue weighted by atomic mass is 79.9. The average Bonchev–Trinajstić information content (AvgIpc) is 2.17. The quantitative estimate of drug-likeness (QED) is 0.826. The van der Waals surface area contributed by atoms with Gasteiger partial charge >= 0.3 is 6.36 Å². The van der Waals surface area contributed by atoms with Crippen molar-refractivity contribution in [1.29, 1.82) is 0 Å². The van der Waals surface area contributed by atoms with Crippen LogP contribution in [0.2, 0.25) is 0 Å². The number of halogens is 6. The molecule has 2 nitrogen and oxygen atoms in total. The number of rotatable bonds is 3. The van der Waals surface area contributed by atoms with E-state index in [2.05, 4.69) is 20.7 Å². The maximum absolute atomic E-state index is 12.1. The Kier molecular flexibility index (Phi) is 4.95. The molecule has 1 rings (SSSR count). The highest BCUT2D eigenvalue weighted by molar-refractivity contribution is 9.10. The van der Waals surface area contributed by atoms with Gasteiger partial charge in [-0.3, -0.25) is 0 Å². The summed E-state index contributed by atoms with van der Waals surface area (Å²) in [6, 6.07) is 3.66. The molecule has 0 heterocycles. The molecule has 1 aromatic carbocycles. The van der Waals surface area contributed by atoms with Crippen LogP contribution in [0, 0.1) is 0 Å². The first kappa shape index (κ1) is 14.9. The van der Waals surface area contributed by atoms with Crippen molar-refractivity contribution in [3.63, 3.8) is 0 Å². The molecular weight excluding hydrogens is 348 g/mol. The second-order valence-electron chi connectivity index (χ2n) is 3.01. The molecular formula is C9H6BrCl2F3O2. The van der Waals surface area contributed by atoms with Gasteiger partial charge in [0.15, 0.2) is 0 Å². The van der Waals surface area contributed by atoms with E-state index in [0.29, 0.717) is 4.47 Å². The first-order chi connectivity index (χ1) is 7.70. The van der Waals surface area contributed by atoms with Crippen LogP contribution in [0.5, 0.6) is 5.75 Å². The molecule has 1 unspecified atom stereocenters. The molecule has 17 heavy (non-hydrogen) atoms. The van der Waals surface area contributed by atoms with E-state index in [1.165, 1.54) is 12.1 Å². The van der Waals surface area contributed by atoms with E-state index in [0.717, 1.165) is 6.07 Å². The Balaban J connectivity index is 3.12. The van der Waals surface area contributed by atoms with Crippen molar-refractivity contribution in [2.75, 3.05) is 0 Å². The van der Waals surface area contributed by atoms with E-state index in [9.17, 15) is 18.3 Å². The van der Waals surface area contributed by atoms with Gasteiger partial charge in [-0.25, -0.2) is 0 Å². The summed E-state index contributed by atoms with van der Waals surface area (Å²) >= 11 is 13.9. The van der Waals surface area contributed by atoms with Crippen molar-refractivity contribution in [3.05, 3.63) is 28.2 Å². The number of aliphatic hydroxyl groups excluding tert-OH is 1. The SMILES string of the molecule is OC(c1cc(Br)ccc1OC(F)(F)F)C(Cl)Cl. The topological polar surface area (TPSA) is 29.5 Å². The highest BCUT2D eigenvalue weighted by Gasteiger charge is 2.33. The van der Waals surface area contributed by atoms with Crippen LogP contribution in [0.25, 0.3) is 0 Å². The van der Waals surface area contributed by atoms with Crippen molar-refractivity contribution in [2.45, 2.75) is 17.3 Å². The molecule has 0 aliphatic carbocycles.